The molecule has 1 N–H and O–H groups in total. The fraction of sp³-hybridized carbons (Fsp3) is 0.812. The molecule has 0 aromatic heterocycles. The minimum Gasteiger partial charge on any atom is -0.481 e. The van der Waals surface area contributed by atoms with Gasteiger partial charge < -0.3 is 5.11 Å². The van der Waals surface area contributed by atoms with E-state index < -0.39 is 5.97 Å². The van der Waals surface area contributed by atoms with E-state index in [1.807, 2.05) is 0 Å². The maximum absolute atomic E-state index is 10.3. The summed E-state index contributed by atoms with van der Waals surface area (Å²) < 4.78 is 0. The second-order valence-corrected chi connectivity index (χ2v) is 5.02. The lowest BCUT2D eigenvalue weighted by Gasteiger charge is -1.99. The van der Waals surface area contributed by atoms with E-state index in [-0.39, 0.29) is 0 Å². The number of hydrogen-bond donors (Lipinski definition) is 1. The van der Waals surface area contributed by atoms with Crippen molar-refractivity contribution in [2.75, 3.05) is 0 Å². The maximum atomic E-state index is 10.3. The number of allylic oxidation sites excluding steroid dienone is 2. The summed E-state index contributed by atoms with van der Waals surface area (Å²) >= 11 is 0. The number of rotatable bonds is 13. The number of aliphatic carboxylic acids is 1. The quantitative estimate of drug-likeness (QED) is 0.356. The van der Waals surface area contributed by atoms with E-state index in [1.54, 1.807) is 0 Å². The van der Waals surface area contributed by atoms with Crippen LogP contribution in [0.1, 0.15) is 84.0 Å². The third-order valence-corrected chi connectivity index (χ3v) is 3.15. The van der Waals surface area contributed by atoms with Gasteiger partial charge in [0.2, 0.25) is 0 Å². The summed E-state index contributed by atoms with van der Waals surface area (Å²) in [5.41, 5.74) is 0. The summed E-state index contributed by atoms with van der Waals surface area (Å²) in [7, 11) is 0. The number of hydrogen-bond acceptors (Lipinski definition) is 1. The van der Waals surface area contributed by atoms with Crippen LogP contribution >= 0.6 is 0 Å². The molecule has 0 spiro atoms. The number of carboxylic acids is 1. The summed E-state index contributed by atoms with van der Waals surface area (Å²) in [6.07, 6.45) is 18.4. The first-order valence-corrected chi connectivity index (χ1v) is 7.64. The van der Waals surface area contributed by atoms with Crippen LogP contribution in [0.15, 0.2) is 12.2 Å². The zero-order chi connectivity index (χ0) is 13.5. The highest BCUT2D eigenvalue weighted by atomic mass is 16.4. The van der Waals surface area contributed by atoms with Gasteiger partial charge >= 0.3 is 5.97 Å². The van der Waals surface area contributed by atoms with Crippen LogP contribution in [0.2, 0.25) is 0 Å². The van der Waals surface area contributed by atoms with Crippen molar-refractivity contribution in [3.05, 3.63) is 12.2 Å². The van der Waals surface area contributed by atoms with Gasteiger partial charge in [-0.3, -0.25) is 4.79 Å². The van der Waals surface area contributed by atoms with Crippen LogP contribution in [0, 0.1) is 0 Å². The van der Waals surface area contributed by atoms with Crippen LogP contribution in [0.25, 0.3) is 0 Å². The highest BCUT2D eigenvalue weighted by molar-refractivity contribution is 5.66. The van der Waals surface area contributed by atoms with Crippen molar-refractivity contribution < 1.29 is 9.90 Å². The van der Waals surface area contributed by atoms with Crippen molar-refractivity contribution in [2.45, 2.75) is 84.0 Å². The molecule has 2 nitrogen and oxygen atoms in total. The minimum absolute atomic E-state index is 0.294. The van der Waals surface area contributed by atoms with Gasteiger partial charge in [0.05, 0.1) is 0 Å². The van der Waals surface area contributed by atoms with E-state index in [4.69, 9.17) is 5.11 Å². The number of carboxylic acid groups (broad SMARTS) is 1. The number of carbonyl (C=O) groups is 1. The van der Waals surface area contributed by atoms with Crippen molar-refractivity contribution in [2.24, 2.45) is 0 Å². The number of unbranched alkanes of at least 4 members (excludes halogenated alkanes) is 9. The topological polar surface area (TPSA) is 37.3 Å². The first-order valence-electron chi connectivity index (χ1n) is 7.64. The molecule has 0 heterocycles. The van der Waals surface area contributed by atoms with Crippen molar-refractivity contribution in [3.8, 4) is 0 Å². The summed E-state index contributed by atoms with van der Waals surface area (Å²) in [6, 6.07) is 0. The van der Waals surface area contributed by atoms with Gasteiger partial charge in [0.15, 0.2) is 0 Å². The van der Waals surface area contributed by atoms with Crippen LogP contribution in [0.5, 0.6) is 0 Å². The standard InChI is InChI=1S/C16H30O2/c1-2-3-4-5-6-7-8-9-10-11-12-13-14-15-16(17)18/h11-12H,2-10,13-15H2,1H3,(H,17,18). The molecule has 106 valence electrons. The lowest BCUT2D eigenvalue weighted by molar-refractivity contribution is -0.137. The molecule has 0 unspecified atom stereocenters. The van der Waals surface area contributed by atoms with Gasteiger partial charge in [-0.25, -0.2) is 0 Å². The zero-order valence-electron chi connectivity index (χ0n) is 12.0. The highest BCUT2D eigenvalue weighted by Crippen LogP contribution is 2.10. The molecule has 0 rings (SSSR count). The Morgan fingerprint density at radius 1 is 0.833 bits per heavy atom. The maximum Gasteiger partial charge on any atom is 0.303 e. The molecule has 0 aliphatic heterocycles. The van der Waals surface area contributed by atoms with E-state index >= 15 is 0 Å². The van der Waals surface area contributed by atoms with E-state index in [0.29, 0.717) is 6.42 Å². The van der Waals surface area contributed by atoms with Crippen molar-refractivity contribution in [3.63, 3.8) is 0 Å². The van der Waals surface area contributed by atoms with Gasteiger partial charge in [-0.1, -0.05) is 64.0 Å². The molecule has 0 aromatic rings. The largest absolute Gasteiger partial charge is 0.481 e. The highest BCUT2D eigenvalue weighted by Gasteiger charge is 1.93. The Morgan fingerprint density at radius 2 is 1.33 bits per heavy atom. The lowest BCUT2D eigenvalue weighted by atomic mass is 10.1. The summed E-state index contributed by atoms with van der Waals surface area (Å²) in [6.45, 7) is 2.25. The molecule has 0 saturated heterocycles. The van der Waals surface area contributed by atoms with Crippen LogP contribution in [0.4, 0.5) is 0 Å². The van der Waals surface area contributed by atoms with Crippen molar-refractivity contribution in [1.29, 1.82) is 0 Å². The second-order valence-electron chi connectivity index (χ2n) is 5.02. The van der Waals surface area contributed by atoms with Gasteiger partial charge in [0.1, 0.15) is 0 Å². The summed E-state index contributed by atoms with van der Waals surface area (Å²) in [4.78, 5) is 10.3. The third kappa shape index (κ3) is 15.2. The fourth-order valence-electron chi connectivity index (χ4n) is 2.00. The molecule has 18 heavy (non-hydrogen) atoms. The molecule has 0 saturated carbocycles. The van der Waals surface area contributed by atoms with Gasteiger partial charge in [-0.15, -0.1) is 0 Å². The lowest BCUT2D eigenvalue weighted by Crippen LogP contribution is -1.92. The van der Waals surface area contributed by atoms with Crippen LogP contribution in [-0.4, -0.2) is 11.1 Å². The van der Waals surface area contributed by atoms with Crippen LogP contribution in [-0.2, 0) is 4.79 Å². The zero-order valence-corrected chi connectivity index (χ0v) is 12.0. The molecular weight excluding hydrogens is 224 g/mol. The molecule has 0 radical (unpaired) electrons. The van der Waals surface area contributed by atoms with Gasteiger partial charge in [-0.05, 0) is 25.7 Å². The predicted octanol–water partition coefficient (Wildman–Crippen LogP) is 5.33. The van der Waals surface area contributed by atoms with Crippen molar-refractivity contribution >= 4 is 5.97 Å². The molecule has 0 atom stereocenters. The van der Waals surface area contributed by atoms with Crippen LogP contribution in [0.3, 0.4) is 0 Å². The summed E-state index contributed by atoms with van der Waals surface area (Å²) in [5.74, 6) is -0.688. The first kappa shape index (κ1) is 17.2. The summed E-state index contributed by atoms with van der Waals surface area (Å²) in [5, 5.41) is 8.47. The fourth-order valence-corrected chi connectivity index (χ4v) is 2.00. The molecule has 0 fully saturated rings. The third-order valence-electron chi connectivity index (χ3n) is 3.15. The van der Waals surface area contributed by atoms with Crippen molar-refractivity contribution in [1.82, 2.24) is 0 Å². The molecule has 2 heteroatoms. The first-order chi connectivity index (χ1) is 8.77. The van der Waals surface area contributed by atoms with E-state index in [9.17, 15) is 4.79 Å². The van der Waals surface area contributed by atoms with E-state index in [0.717, 1.165) is 19.3 Å². The molecule has 0 aliphatic rings. The average Bonchev–Trinajstić information content (AvgIpc) is 2.34. The Hall–Kier alpha value is -0.790. The normalized spacial score (nSPS) is 11.2. The predicted molar refractivity (Wildman–Crippen MR) is 77.9 cm³/mol. The van der Waals surface area contributed by atoms with Gasteiger partial charge in [0, 0.05) is 6.42 Å². The van der Waals surface area contributed by atoms with E-state index in [2.05, 4.69) is 19.1 Å². The Balaban J connectivity index is 3.06. The average molecular weight is 254 g/mol. The SMILES string of the molecule is CCCCCCCCCCC=CCCCC(=O)O. The van der Waals surface area contributed by atoms with Gasteiger partial charge in [0.25, 0.3) is 0 Å². The molecular formula is C16H30O2. The van der Waals surface area contributed by atoms with E-state index in [1.165, 1.54) is 51.4 Å². The molecule has 0 aliphatic carbocycles. The Bertz CT molecular complexity index is 209. The Morgan fingerprint density at radius 3 is 1.89 bits per heavy atom. The minimum atomic E-state index is -0.688. The molecule has 0 bridgehead atoms. The smallest absolute Gasteiger partial charge is 0.303 e. The monoisotopic (exact) mass is 254 g/mol. The second kappa shape index (κ2) is 14.3. The molecule has 0 amide bonds. The molecule has 0 aromatic carbocycles. The Labute approximate surface area is 112 Å². The van der Waals surface area contributed by atoms with Crippen LogP contribution < -0.4 is 0 Å². The van der Waals surface area contributed by atoms with Gasteiger partial charge in [-0.2, -0.15) is 0 Å². The Kier molecular flexibility index (Phi) is 13.6.